The number of amides is 2. The van der Waals surface area contributed by atoms with E-state index in [-0.39, 0.29) is 45.4 Å². The zero-order chi connectivity index (χ0) is 30.5. The van der Waals surface area contributed by atoms with E-state index in [0.717, 1.165) is 12.0 Å². The largest absolute Gasteiger partial charge is 0.493 e. The summed E-state index contributed by atoms with van der Waals surface area (Å²) in [5.41, 5.74) is 1.66. The Morgan fingerprint density at radius 3 is 2.67 bits per heavy atom. The summed E-state index contributed by atoms with van der Waals surface area (Å²) >= 11 is 2.05. The van der Waals surface area contributed by atoms with Crippen LogP contribution in [-0.4, -0.2) is 90.0 Å². The number of methoxy groups -OCH3 is 1. The number of halogens is 1. The van der Waals surface area contributed by atoms with Crippen molar-refractivity contribution in [3.63, 3.8) is 0 Å². The highest BCUT2D eigenvalue weighted by atomic mass is 127. The summed E-state index contributed by atoms with van der Waals surface area (Å²) in [5, 5.41) is 33.4. The summed E-state index contributed by atoms with van der Waals surface area (Å²) < 4.78 is 29.2. The highest BCUT2D eigenvalue weighted by molar-refractivity contribution is 14.1. The number of hydrogen-bond donors (Lipinski definition) is 4. The van der Waals surface area contributed by atoms with Gasteiger partial charge in [0.25, 0.3) is 5.91 Å². The molecule has 2 amide bonds. The maximum Gasteiger partial charge on any atom is 0.252 e. The third-order valence-electron chi connectivity index (χ3n) is 7.62. The molecule has 1 aliphatic carbocycles. The third-order valence-corrected chi connectivity index (χ3v) is 8.42. The number of hydrogen-bond acceptors (Lipinski definition) is 10. The molecule has 232 valence electrons. The molecule has 0 saturated carbocycles. The third kappa shape index (κ3) is 7.01. The van der Waals surface area contributed by atoms with Crippen molar-refractivity contribution in [1.82, 2.24) is 10.2 Å². The Morgan fingerprint density at radius 2 is 1.95 bits per heavy atom. The number of rotatable bonds is 11. The first kappa shape index (κ1) is 31.3. The molecule has 12 nitrogen and oxygen atoms in total. The molecule has 2 aliphatic heterocycles. The lowest BCUT2D eigenvalue weighted by Crippen LogP contribution is -2.56. The van der Waals surface area contributed by atoms with Crippen LogP contribution < -0.4 is 24.3 Å². The predicted molar refractivity (Wildman–Crippen MR) is 161 cm³/mol. The number of nitrogens with one attached hydrogen (secondary N) is 1. The number of fused-ring (bicyclic) bond motifs is 1. The molecule has 1 fully saturated rings. The number of nitrogens with zero attached hydrogens (tertiary/aromatic N) is 1. The summed E-state index contributed by atoms with van der Waals surface area (Å²) in [5.74, 6) is 1.10. The van der Waals surface area contributed by atoms with Crippen molar-refractivity contribution in [1.29, 1.82) is 0 Å². The van der Waals surface area contributed by atoms with Gasteiger partial charge in [-0.3, -0.25) is 9.59 Å². The normalized spacial score (nSPS) is 22.6. The van der Waals surface area contributed by atoms with Gasteiger partial charge in [0.2, 0.25) is 12.7 Å². The minimum Gasteiger partial charge on any atom is -0.493 e. The Hall–Kier alpha value is -3.11. The van der Waals surface area contributed by atoms with Crippen LogP contribution in [-0.2, 0) is 27.5 Å². The second kappa shape index (κ2) is 14.1. The zero-order valence-corrected chi connectivity index (χ0v) is 25.8. The number of carbonyl (C=O) groups is 2. The van der Waals surface area contributed by atoms with Gasteiger partial charge < -0.3 is 49.2 Å². The first-order valence-electron chi connectivity index (χ1n) is 14.0. The molecule has 0 spiro atoms. The molecule has 1 unspecified atom stereocenters. The monoisotopic (exact) mass is 710 g/mol. The lowest BCUT2D eigenvalue weighted by molar-refractivity contribution is -0.149. The zero-order valence-electron chi connectivity index (χ0n) is 23.7. The van der Waals surface area contributed by atoms with Crippen LogP contribution in [0.15, 0.2) is 42.0 Å². The van der Waals surface area contributed by atoms with Crippen LogP contribution in [0.5, 0.6) is 23.0 Å². The standard InChI is InChI=1S/C30H35IN2O10/c1-39-26-11-18(15-35)9-20(31)28(26)43-25-13-19(29(37)32-6-7-34)12-21(27(25)36)33(30(38)23-3-2-8-40-23)14-17-4-5-22-24(10-17)42-16-41-22/h4-5,9-11,13,21,23,25,27,34-36H,2-3,6-8,12,14-16H2,1H3,(H,32,37)/t21-,23?,25+,27+/m1/s1. The molecule has 0 aromatic heterocycles. The van der Waals surface area contributed by atoms with E-state index in [1.807, 2.05) is 6.07 Å². The molecule has 3 aliphatic rings. The number of carbonyl (C=O) groups excluding carboxylic acids is 2. The van der Waals surface area contributed by atoms with Crippen LogP contribution in [0.25, 0.3) is 0 Å². The topological polar surface area (TPSA) is 156 Å². The molecule has 0 bridgehead atoms. The molecule has 43 heavy (non-hydrogen) atoms. The van der Waals surface area contributed by atoms with Crippen molar-refractivity contribution in [2.75, 3.05) is 33.7 Å². The lowest BCUT2D eigenvalue weighted by Gasteiger charge is -2.41. The average molecular weight is 711 g/mol. The van der Waals surface area contributed by atoms with E-state index in [1.165, 1.54) is 7.11 Å². The maximum atomic E-state index is 14.0. The molecular formula is C30H35IN2O10. The molecule has 13 heteroatoms. The number of benzene rings is 2. The van der Waals surface area contributed by atoms with E-state index in [1.54, 1.807) is 35.2 Å². The molecule has 4 atom stereocenters. The van der Waals surface area contributed by atoms with Gasteiger partial charge in [-0.25, -0.2) is 0 Å². The Kier molecular flexibility index (Phi) is 10.3. The smallest absolute Gasteiger partial charge is 0.252 e. The van der Waals surface area contributed by atoms with Gasteiger partial charge in [0.15, 0.2) is 23.0 Å². The second-order valence-corrected chi connectivity index (χ2v) is 11.6. The highest BCUT2D eigenvalue weighted by Crippen LogP contribution is 2.38. The van der Waals surface area contributed by atoms with E-state index in [0.29, 0.717) is 50.7 Å². The van der Waals surface area contributed by atoms with Crippen LogP contribution in [0.3, 0.4) is 0 Å². The molecule has 4 N–H and O–H groups in total. The summed E-state index contributed by atoms with van der Waals surface area (Å²) in [6.07, 6.45) is -0.0998. The van der Waals surface area contributed by atoms with Crippen molar-refractivity contribution in [2.45, 2.75) is 56.8 Å². The Labute approximate surface area is 262 Å². The van der Waals surface area contributed by atoms with Crippen molar-refractivity contribution in [2.24, 2.45) is 0 Å². The Balaban J connectivity index is 1.51. The molecule has 2 aromatic carbocycles. The molecule has 5 rings (SSSR count). The number of ether oxygens (including phenoxy) is 5. The van der Waals surface area contributed by atoms with Crippen LogP contribution >= 0.6 is 22.6 Å². The van der Waals surface area contributed by atoms with Gasteiger partial charge in [0, 0.05) is 31.7 Å². The van der Waals surface area contributed by atoms with Gasteiger partial charge in [-0.15, -0.1) is 0 Å². The maximum absolute atomic E-state index is 14.0. The Morgan fingerprint density at radius 1 is 1.14 bits per heavy atom. The van der Waals surface area contributed by atoms with E-state index < -0.39 is 30.3 Å². The fraction of sp³-hybridized carbons (Fsp3) is 0.467. The van der Waals surface area contributed by atoms with Gasteiger partial charge >= 0.3 is 0 Å². The van der Waals surface area contributed by atoms with Crippen molar-refractivity contribution >= 4 is 34.4 Å². The van der Waals surface area contributed by atoms with Crippen LogP contribution in [0.4, 0.5) is 0 Å². The SMILES string of the molecule is COc1cc(CO)cc(I)c1O[C@H]1C=C(C(=O)NCCO)C[C@@H](N(Cc2ccc3c(c2)OCO3)C(=O)C2CCCO2)[C@@H]1O. The molecule has 1 saturated heterocycles. The average Bonchev–Trinajstić information content (AvgIpc) is 3.72. The minimum absolute atomic E-state index is 0.0407. The Bertz CT molecular complexity index is 1360. The lowest BCUT2D eigenvalue weighted by atomic mass is 9.87. The highest BCUT2D eigenvalue weighted by Gasteiger charge is 2.43. The summed E-state index contributed by atoms with van der Waals surface area (Å²) in [6, 6.07) is 7.89. The van der Waals surface area contributed by atoms with E-state index in [4.69, 9.17) is 23.7 Å². The van der Waals surface area contributed by atoms with Crippen molar-refractivity contribution in [3.05, 3.63) is 56.7 Å². The van der Waals surface area contributed by atoms with Gasteiger partial charge in [-0.2, -0.15) is 0 Å². The second-order valence-electron chi connectivity index (χ2n) is 10.4. The quantitative estimate of drug-likeness (QED) is 0.253. The summed E-state index contributed by atoms with van der Waals surface area (Å²) in [7, 11) is 1.47. The van der Waals surface area contributed by atoms with Crippen LogP contribution in [0.2, 0.25) is 0 Å². The van der Waals surface area contributed by atoms with Gasteiger partial charge in [-0.05, 0) is 76.9 Å². The van der Waals surface area contributed by atoms with E-state index in [2.05, 4.69) is 27.9 Å². The molecule has 0 radical (unpaired) electrons. The minimum atomic E-state index is -1.24. The first-order chi connectivity index (χ1) is 20.8. The van der Waals surface area contributed by atoms with Crippen LogP contribution in [0, 0.1) is 3.57 Å². The molecule has 2 aromatic rings. The molecule has 2 heterocycles. The number of aliphatic hydroxyl groups excluding tert-OH is 3. The van der Waals surface area contributed by atoms with Gasteiger partial charge in [-0.1, -0.05) is 6.07 Å². The van der Waals surface area contributed by atoms with Crippen molar-refractivity contribution in [3.8, 4) is 23.0 Å². The molecular weight excluding hydrogens is 675 g/mol. The summed E-state index contributed by atoms with van der Waals surface area (Å²) in [4.78, 5) is 28.7. The predicted octanol–water partition coefficient (Wildman–Crippen LogP) is 1.64. The van der Waals surface area contributed by atoms with E-state index in [9.17, 15) is 24.9 Å². The van der Waals surface area contributed by atoms with E-state index >= 15 is 0 Å². The van der Waals surface area contributed by atoms with Crippen LogP contribution in [0.1, 0.15) is 30.4 Å². The number of aliphatic hydroxyl groups is 3. The van der Waals surface area contributed by atoms with Gasteiger partial charge in [0.05, 0.1) is 29.9 Å². The fourth-order valence-corrected chi connectivity index (χ4v) is 6.24. The summed E-state index contributed by atoms with van der Waals surface area (Å²) in [6.45, 7) is 0.280. The van der Waals surface area contributed by atoms with Crippen molar-refractivity contribution < 1.29 is 48.6 Å². The first-order valence-corrected chi connectivity index (χ1v) is 15.1. The van der Waals surface area contributed by atoms with Gasteiger partial charge in [0.1, 0.15) is 18.3 Å². The fourth-order valence-electron chi connectivity index (χ4n) is 5.45.